The molecule has 0 aliphatic carbocycles. The van der Waals surface area contributed by atoms with Crippen molar-refractivity contribution in [3.8, 4) is 0 Å². The van der Waals surface area contributed by atoms with Gasteiger partial charge in [0.15, 0.2) is 5.84 Å². The van der Waals surface area contributed by atoms with E-state index in [9.17, 15) is 0 Å². The van der Waals surface area contributed by atoms with Gasteiger partial charge in [-0.3, -0.25) is 0 Å². The lowest BCUT2D eigenvalue weighted by Gasteiger charge is -2.09. The van der Waals surface area contributed by atoms with E-state index >= 15 is 0 Å². The van der Waals surface area contributed by atoms with Gasteiger partial charge in [-0.05, 0) is 36.8 Å². The van der Waals surface area contributed by atoms with E-state index in [1.54, 1.807) is 11.8 Å². The molecule has 0 radical (unpaired) electrons. The van der Waals surface area contributed by atoms with E-state index in [-0.39, 0.29) is 5.84 Å². The molecule has 4 heteroatoms. The maximum absolute atomic E-state index is 8.80. The maximum Gasteiger partial charge on any atom is 0.171 e. The molecule has 0 fully saturated rings. The summed E-state index contributed by atoms with van der Waals surface area (Å²) in [6, 6.07) is 15.9. The molecule has 92 valence electrons. The van der Waals surface area contributed by atoms with Gasteiger partial charge in [-0.15, -0.1) is 0 Å². The Morgan fingerprint density at radius 2 is 1.89 bits per heavy atom. The van der Waals surface area contributed by atoms with Crippen LogP contribution in [0.15, 0.2) is 63.5 Å². The fraction of sp³-hybridized carbons (Fsp3) is 0.0714. The van der Waals surface area contributed by atoms with Crippen molar-refractivity contribution >= 4 is 17.6 Å². The molecule has 3 N–H and O–H groups in total. The zero-order valence-electron chi connectivity index (χ0n) is 10.00. The number of rotatable bonds is 3. The van der Waals surface area contributed by atoms with Crippen molar-refractivity contribution in [2.24, 2.45) is 10.9 Å². The third kappa shape index (κ3) is 2.84. The van der Waals surface area contributed by atoms with E-state index in [0.29, 0.717) is 0 Å². The lowest BCUT2D eigenvalue weighted by molar-refractivity contribution is 0.318. The number of nitrogens with two attached hydrogens (primary N) is 1. The minimum Gasteiger partial charge on any atom is -0.409 e. The molecule has 0 amide bonds. The fourth-order valence-corrected chi connectivity index (χ4v) is 2.67. The number of aryl methyl sites for hydroxylation is 1. The van der Waals surface area contributed by atoms with Crippen molar-refractivity contribution in [3.63, 3.8) is 0 Å². The molecule has 0 saturated carbocycles. The summed E-state index contributed by atoms with van der Waals surface area (Å²) in [6.07, 6.45) is 0. The Morgan fingerprint density at radius 1 is 1.17 bits per heavy atom. The van der Waals surface area contributed by atoms with Crippen LogP contribution < -0.4 is 5.73 Å². The van der Waals surface area contributed by atoms with Gasteiger partial charge in [0.25, 0.3) is 0 Å². The van der Waals surface area contributed by atoms with Gasteiger partial charge in [0.05, 0.1) is 0 Å². The van der Waals surface area contributed by atoms with Gasteiger partial charge in [-0.25, -0.2) is 0 Å². The molecule has 3 nitrogen and oxygen atoms in total. The average Bonchev–Trinajstić information content (AvgIpc) is 2.39. The quantitative estimate of drug-likeness (QED) is 0.384. The van der Waals surface area contributed by atoms with E-state index in [1.807, 2.05) is 55.5 Å². The number of benzene rings is 2. The topological polar surface area (TPSA) is 58.6 Å². The Labute approximate surface area is 110 Å². The third-order valence-corrected chi connectivity index (χ3v) is 3.56. The summed E-state index contributed by atoms with van der Waals surface area (Å²) in [5.41, 5.74) is 7.57. The van der Waals surface area contributed by atoms with E-state index in [4.69, 9.17) is 10.9 Å². The summed E-state index contributed by atoms with van der Waals surface area (Å²) in [6.45, 7) is 2.02. The van der Waals surface area contributed by atoms with Crippen molar-refractivity contribution in [1.29, 1.82) is 0 Å². The first-order chi connectivity index (χ1) is 8.70. The first-order valence-corrected chi connectivity index (χ1v) is 6.34. The number of hydrogen-bond donors (Lipinski definition) is 2. The Kier molecular flexibility index (Phi) is 3.89. The second-order valence-electron chi connectivity index (χ2n) is 3.90. The minimum absolute atomic E-state index is 0.133. The summed E-state index contributed by atoms with van der Waals surface area (Å²) < 4.78 is 0. The summed E-state index contributed by atoms with van der Waals surface area (Å²) in [5.74, 6) is 0.133. The van der Waals surface area contributed by atoms with Crippen LogP contribution in [0.3, 0.4) is 0 Å². The van der Waals surface area contributed by atoms with Crippen molar-refractivity contribution in [1.82, 2.24) is 0 Å². The van der Waals surface area contributed by atoms with Crippen molar-refractivity contribution < 1.29 is 5.21 Å². The van der Waals surface area contributed by atoms with E-state index in [0.717, 1.165) is 20.9 Å². The predicted molar refractivity (Wildman–Crippen MR) is 74.3 cm³/mol. The molecule has 2 aromatic carbocycles. The van der Waals surface area contributed by atoms with Crippen molar-refractivity contribution in [2.45, 2.75) is 16.7 Å². The average molecular weight is 258 g/mol. The maximum atomic E-state index is 8.80. The van der Waals surface area contributed by atoms with E-state index < -0.39 is 0 Å². The van der Waals surface area contributed by atoms with Gasteiger partial charge >= 0.3 is 0 Å². The molecule has 0 aromatic heterocycles. The molecule has 2 rings (SSSR count). The molecule has 0 bridgehead atoms. The molecule has 0 atom stereocenters. The van der Waals surface area contributed by atoms with Crippen LogP contribution in [0.2, 0.25) is 0 Å². The van der Waals surface area contributed by atoms with Gasteiger partial charge in [0.2, 0.25) is 0 Å². The van der Waals surface area contributed by atoms with Crippen LogP contribution in [0, 0.1) is 6.92 Å². The normalized spacial score (nSPS) is 11.5. The monoisotopic (exact) mass is 258 g/mol. The zero-order chi connectivity index (χ0) is 13.0. The molecule has 2 aromatic rings. The lowest BCUT2D eigenvalue weighted by Crippen LogP contribution is -2.14. The summed E-state index contributed by atoms with van der Waals surface area (Å²) in [4.78, 5) is 2.10. The fourth-order valence-electron chi connectivity index (χ4n) is 1.59. The van der Waals surface area contributed by atoms with Gasteiger partial charge in [0, 0.05) is 15.4 Å². The molecular formula is C14H14N2OS. The van der Waals surface area contributed by atoms with Gasteiger partial charge in [0.1, 0.15) is 0 Å². The highest BCUT2D eigenvalue weighted by atomic mass is 32.2. The highest BCUT2D eigenvalue weighted by molar-refractivity contribution is 7.99. The van der Waals surface area contributed by atoms with Crippen LogP contribution in [-0.2, 0) is 0 Å². The number of hydrogen-bond acceptors (Lipinski definition) is 3. The minimum atomic E-state index is 0.133. The Hall–Kier alpha value is -1.94. The predicted octanol–water partition coefficient (Wildman–Crippen LogP) is 3.24. The van der Waals surface area contributed by atoms with Gasteiger partial charge in [-0.2, -0.15) is 0 Å². The highest BCUT2D eigenvalue weighted by Gasteiger charge is 2.08. The van der Waals surface area contributed by atoms with Crippen LogP contribution in [0.1, 0.15) is 11.1 Å². The van der Waals surface area contributed by atoms with Crippen LogP contribution in [0.25, 0.3) is 0 Å². The third-order valence-electron chi connectivity index (χ3n) is 2.49. The second-order valence-corrected chi connectivity index (χ2v) is 5.02. The summed E-state index contributed by atoms with van der Waals surface area (Å²) >= 11 is 1.60. The van der Waals surface area contributed by atoms with Crippen molar-refractivity contribution in [2.75, 3.05) is 0 Å². The zero-order valence-corrected chi connectivity index (χ0v) is 10.8. The highest BCUT2D eigenvalue weighted by Crippen LogP contribution is 2.30. The van der Waals surface area contributed by atoms with Crippen LogP contribution in [0.4, 0.5) is 0 Å². The van der Waals surface area contributed by atoms with Gasteiger partial charge < -0.3 is 10.9 Å². The standard InChI is InChI=1S/C14H14N2OS/c1-10-7-8-12(14(15)16-17)13(9-10)18-11-5-3-2-4-6-11/h2-9,17H,1H3,(H2,15,16). The second kappa shape index (κ2) is 5.60. The Bertz CT molecular complexity index is 567. The molecule has 0 saturated heterocycles. The largest absolute Gasteiger partial charge is 0.409 e. The number of nitrogens with zero attached hydrogens (tertiary/aromatic N) is 1. The smallest absolute Gasteiger partial charge is 0.171 e. The molecule has 0 aliphatic rings. The summed E-state index contributed by atoms with van der Waals surface area (Å²) in [5, 5.41) is 11.9. The molecule has 18 heavy (non-hydrogen) atoms. The number of oxime groups is 1. The van der Waals surface area contributed by atoms with Crippen molar-refractivity contribution in [3.05, 3.63) is 59.7 Å². The Morgan fingerprint density at radius 3 is 2.56 bits per heavy atom. The first-order valence-electron chi connectivity index (χ1n) is 5.52. The Balaban J connectivity index is 2.40. The first kappa shape index (κ1) is 12.5. The van der Waals surface area contributed by atoms with Crippen LogP contribution >= 0.6 is 11.8 Å². The molecule has 0 spiro atoms. The lowest BCUT2D eigenvalue weighted by atomic mass is 10.1. The van der Waals surface area contributed by atoms with Crippen LogP contribution in [-0.4, -0.2) is 11.0 Å². The number of amidine groups is 1. The van der Waals surface area contributed by atoms with Gasteiger partial charge in [-0.1, -0.05) is 41.2 Å². The molecule has 0 heterocycles. The molecular weight excluding hydrogens is 244 g/mol. The summed E-state index contributed by atoms with van der Waals surface area (Å²) in [7, 11) is 0. The van der Waals surface area contributed by atoms with E-state index in [2.05, 4.69) is 5.16 Å². The van der Waals surface area contributed by atoms with Crippen LogP contribution in [0.5, 0.6) is 0 Å². The SMILES string of the molecule is Cc1ccc(/C(N)=N/O)c(Sc2ccccc2)c1. The molecule has 0 aliphatic heterocycles. The molecule has 0 unspecified atom stereocenters. The van der Waals surface area contributed by atoms with E-state index in [1.165, 1.54) is 0 Å².